The summed E-state index contributed by atoms with van der Waals surface area (Å²) in [6, 6.07) is 12.1. The van der Waals surface area contributed by atoms with Crippen molar-refractivity contribution in [2.45, 2.75) is 37.5 Å². The molecule has 10 heteroatoms. The molecular weight excluding hydrogens is 518 g/mol. The van der Waals surface area contributed by atoms with E-state index in [0.29, 0.717) is 16.5 Å². The first kappa shape index (κ1) is 26.0. The molecule has 0 fully saturated rings. The molecule has 2 aromatic heterocycles. The van der Waals surface area contributed by atoms with Crippen molar-refractivity contribution in [1.29, 1.82) is 0 Å². The summed E-state index contributed by atoms with van der Waals surface area (Å²) in [5, 5.41) is 8.16. The van der Waals surface area contributed by atoms with Crippen LogP contribution in [0.15, 0.2) is 72.7 Å². The van der Waals surface area contributed by atoms with Crippen molar-refractivity contribution in [3.63, 3.8) is 0 Å². The Labute approximate surface area is 226 Å². The number of sulfonamides is 1. The van der Waals surface area contributed by atoms with Gasteiger partial charge in [-0.25, -0.2) is 13.4 Å². The van der Waals surface area contributed by atoms with Crippen molar-refractivity contribution in [3.8, 4) is 5.13 Å². The normalized spacial score (nSPS) is 13.4. The molecule has 1 aliphatic rings. The van der Waals surface area contributed by atoms with Crippen LogP contribution in [-0.2, 0) is 22.9 Å². The Bertz CT molecular complexity index is 1580. The number of rotatable bonds is 9. The fourth-order valence-corrected chi connectivity index (χ4v) is 7.00. The Hall–Kier alpha value is -3.60. The number of benzene rings is 2. The smallest absolute Gasteiger partial charge is 0.256 e. The standard InChI is InChI=1S/C28H29N5O3S2/c1-4-14-32(15-5-2)38(35,36)23-12-10-20(11-13-23)27(34)30-26-16-19(3)31-33(26)28-29-24-17-21-8-6-7-9-22(21)18-25(24)37-28/h4-5,10-13,16-18H,1-2,6-9,14-15H2,3H3,(H,30,34). The minimum absolute atomic E-state index is 0.0933. The number of hydrogen-bond acceptors (Lipinski definition) is 6. The Morgan fingerprint density at radius 3 is 2.39 bits per heavy atom. The Morgan fingerprint density at radius 2 is 1.74 bits per heavy atom. The average Bonchev–Trinajstić information content (AvgIpc) is 3.49. The van der Waals surface area contributed by atoms with E-state index in [-0.39, 0.29) is 23.9 Å². The third-order valence-corrected chi connectivity index (χ3v) is 9.35. The van der Waals surface area contributed by atoms with E-state index in [1.807, 2.05) is 6.92 Å². The fourth-order valence-electron chi connectivity index (χ4n) is 4.64. The van der Waals surface area contributed by atoms with Gasteiger partial charge in [0.05, 0.1) is 20.8 Å². The predicted octanol–water partition coefficient (Wildman–Crippen LogP) is 5.28. The second kappa shape index (κ2) is 10.6. The van der Waals surface area contributed by atoms with E-state index in [1.54, 1.807) is 22.1 Å². The molecule has 0 saturated carbocycles. The van der Waals surface area contributed by atoms with Crippen LogP contribution >= 0.6 is 11.3 Å². The Balaban J connectivity index is 1.39. The molecule has 0 radical (unpaired) electrons. The zero-order valence-electron chi connectivity index (χ0n) is 21.2. The highest BCUT2D eigenvalue weighted by Gasteiger charge is 2.23. The summed E-state index contributed by atoms with van der Waals surface area (Å²) < 4.78 is 29.9. The summed E-state index contributed by atoms with van der Waals surface area (Å²) in [7, 11) is -3.75. The first-order chi connectivity index (χ1) is 18.3. The summed E-state index contributed by atoms with van der Waals surface area (Å²) in [5.74, 6) is 0.122. The molecule has 0 atom stereocenters. The highest BCUT2D eigenvalue weighted by atomic mass is 32.2. The molecule has 196 valence electrons. The van der Waals surface area contributed by atoms with Crippen molar-refractivity contribution >= 4 is 43.3 Å². The molecular formula is C28H29N5O3S2. The molecule has 0 spiro atoms. The van der Waals surface area contributed by atoms with Gasteiger partial charge in [0, 0.05) is 24.7 Å². The molecule has 2 aromatic carbocycles. The highest BCUT2D eigenvalue weighted by molar-refractivity contribution is 7.89. The van der Waals surface area contributed by atoms with E-state index >= 15 is 0 Å². The lowest BCUT2D eigenvalue weighted by molar-refractivity contribution is 0.102. The van der Waals surface area contributed by atoms with Gasteiger partial charge in [-0.3, -0.25) is 4.79 Å². The number of nitrogens with zero attached hydrogens (tertiary/aromatic N) is 4. The van der Waals surface area contributed by atoms with Crippen molar-refractivity contribution in [1.82, 2.24) is 19.1 Å². The van der Waals surface area contributed by atoms with Gasteiger partial charge in [-0.05, 0) is 80.1 Å². The summed E-state index contributed by atoms with van der Waals surface area (Å²) in [6.07, 6.45) is 7.65. The summed E-state index contributed by atoms with van der Waals surface area (Å²) >= 11 is 1.54. The first-order valence-electron chi connectivity index (χ1n) is 12.4. The highest BCUT2D eigenvalue weighted by Crippen LogP contribution is 2.32. The van der Waals surface area contributed by atoms with Crippen LogP contribution in [-0.4, -0.2) is 46.5 Å². The quantitative estimate of drug-likeness (QED) is 0.288. The third kappa shape index (κ3) is 5.07. The maximum Gasteiger partial charge on any atom is 0.256 e. The van der Waals surface area contributed by atoms with Gasteiger partial charge >= 0.3 is 0 Å². The van der Waals surface area contributed by atoms with Crippen LogP contribution in [0.25, 0.3) is 15.3 Å². The van der Waals surface area contributed by atoms with Crippen LogP contribution in [0.3, 0.4) is 0 Å². The number of carbonyl (C=O) groups excluding carboxylic acids is 1. The molecule has 0 unspecified atom stereocenters. The molecule has 1 N–H and O–H groups in total. The number of thiazole rings is 1. The van der Waals surface area contributed by atoms with Crippen LogP contribution in [0.2, 0.25) is 0 Å². The van der Waals surface area contributed by atoms with Gasteiger partial charge < -0.3 is 5.32 Å². The predicted molar refractivity (Wildman–Crippen MR) is 152 cm³/mol. The maximum atomic E-state index is 13.1. The first-order valence-corrected chi connectivity index (χ1v) is 14.7. The molecule has 2 heterocycles. The van der Waals surface area contributed by atoms with Crippen molar-refractivity contribution in [2.24, 2.45) is 0 Å². The second-order valence-corrected chi connectivity index (χ2v) is 12.2. The molecule has 0 saturated heterocycles. The van der Waals surface area contributed by atoms with E-state index < -0.39 is 10.0 Å². The summed E-state index contributed by atoms with van der Waals surface area (Å²) in [5.41, 5.74) is 4.77. The van der Waals surface area contributed by atoms with Crippen LogP contribution in [0.5, 0.6) is 0 Å². The number of hydrogen-bond donors (Lipinski definition) is 1. The van der Waals surface area contributed by atoms with Gasteiger partial charge in [0.15, 0.2) is 0 Å². The number of carbonyl (C=O) groups is 1. The van der Waals surface area contributed by atoms with Gasteiger partial charge in [0.25, 0.3) is 5.91 Å². The third-order valence-electron chi connectivity index (χ3n) is 6.51. The minimum atomic E-state index is -3.75. The molecule has 4 aromatic rings. The number of anilines is 1. The largest absolute Gasteiger partial charge is 0.306 e. The number of aromatic nitrogens is 3. The molecule has 1 amide bonds. The molecule has 38 heavy (non-hydrogen) atoms. The van der Waals surface area contributed by atoms with Crippen LogP contribution in [0, 0.1) is 6.92 Å². The van der Waals surface area contributed by atoms with E-state index in [1.165, 1.54) is 64.7 Å². The van der Waals surface area contributed by atoms with E-state index in [4.69, 9.17) is 4.98 Å². The number of nitrogens with one attached hydrogen (secondary N) is 1. The van der Waals surface area contributed by atoms with E-state index in [9.17, 15) is 13.2 Å². The fraction of sp³-hybridized carbons (Fsp3) is 0.250. The number of amides is 1. The maximum absolute atomic E-state index is 13.1. The topological polar surface area (TPSA) is 97.2 Å². The van der Waals surface area contributed by atoms with Crippen molar-refractivity contribution in [2.75, 3.05) is 18.4 Å². The lowest BCUT2D eigenvalue weighted by atomic mass is 9.92. The summed E-state index contributed by atoms with van der Waals surface area (Å²) in [6.45, 7) is 9.43. The van der Waals surface area contributed by atoms with E-state index in [2.05, 4.69) is 35.7 Å². The molecule has 0 bridgehead atoms. The zero-order valence-corrected chi connectivity index (χ0v) is 22.8. The van der Waals surface area contributed by atoms with Crippen LogP contribution < -0.4 is 5.32 Å². The number of fused-ring (bicyclic) bond motifs is 2. The van der Waals surface area contributed by atoms with Gasteiger partial charge in [0.2, 0.25) is 15.2 Å². The zero-order chi connectivity index (χ0) is 26.9. The van der Waals surface area contributed by atoms with Crippen LogP contribution in [0.4, 0.5) is 5.82 Å². The summed E-state index contributed by atoms with van der Waals surface area (Å²) in [4.78, 5) is 18.0. The number of aryl methyl sites for hydroxylation is 3. The molecule has 5 rings (SSSR count). The van der Waals surface area contributed by atoms with Gasteiger partial charge in [0.1, 0.15) is 5.82 Å². The second-order valence-electron chi connectivity index (χ2n) is 9.25. The van der Waals surface area contributed by atoms with Crippen molar-refractivity contribution in [3.05, 3.63) is 90.2 Å². The monoisotopic (exact) mass is 547 g/mol. The van der Waals surface area contributed by atoms with Gasteiger partial charge in [-0.1, -0.05) is 23.5 Å². The van der Waals surface area contributed by atoms with Gasteiger partial charge in [-0.2, -0.15) is 14.1 Å². The van der Waals surface area contributed by atoms with Crippen LogP contribution in [0.1, 0.15) is 40.0 Å². The minimum Gasteiger partial charge on any atom is -0.306 e. The van der Waals surface area contributed by atoms with E-state index in [0.717, 1.165) is 28.8 Å². The Kier molecular flexibility index (Phi) is 7.29. The molecule has 1 aliphatic carbocycles. The lowest BCUT2D eigenvalue weighted by Crippen LogP contribution is -2.31. The van der Waals surface area contributed by atoms with Gasteiger partial charge in [-0.15, -0.1) is 13.2 Å². The molecule has 0 aliphatic heterocycles. The Morgan fingerprint density at radius 1 is 1.08 bits per heavy atom. The lowest BCUT2D eigenvalue weighted by Gasteiger charge is -2.19. The SMILES string of the molecule is C=CCN(CC=C)S(=O)(=O)c1ccc(C(=O)Nc2cc(C)nn2-c2nc3cc4c(cc3s2)CCCC4)cc1. The molecule has 8 nitrogen and oxygen atoms in total. The average molecular weight is 548 g/mol. The van der Waals surface area contributed by atoms with Crippen molar-refractivity contribution < 1.29 is 13.2 Å².